The number of hydrogen-bond donors (Lipinski definition) is 1. The lowest BCUT2D eigenvalue weighted by Crippen LogP contribution is -2.15. The number of carbonyl (C=O) groups excluding carboxylic acids is 1. The number of rotatable bonds is 7. The van der Waals surface area contributed by atoms with E-state index in [-0.39, 0.29) is 17.3 Å². The van der Waals surface area contributed by atoms with Crippen LogP contribution in [0.15, 0.2) is 69.1 Å². The Bertz CT molecular complexity index is 1340. The van der Waals surface area contributed by atoms with Crippen LogP contribution >= 0.6 is 43.6 Å². The van der Waals surface area contributed by atoms with Crippen LogP contribution < -0.4 is 5.32 Å². The van der Waals surface area contributed by atoms with Gasteiger partial charge in [0.1, 0.15) is 5.69 Å². The van der Waals surface area contributed by atoms with Gasteiger partial charge in [0.2, 0.25) is 5.91 Å². The summed E-state index contributed by atoms with van der Waals surface area (Å²) in [4.78, 5) is 31.6. The first-order valence-electron chi connectivity index (χ1n) is 9.68. The molecule has 0 fully saturated rings. The summed E-state index contributed by atoms with van der Waals surface area (Å²) in [6, 6.07) is 10.5. The highest BCUT2D eigenvalue weighted by molar-refractivity contribution is 9.11. The summed E-state index contributed by atoms with van der Waals surface area (Å²) in [6.07, 6.45) is 4.74. The number of benzene rings is 2. The maximum atomic E-state index is 12.7. The van der Waals surface area contributed by atoms with Crippen molar-refractivity contribution in [2.45, 2.75) is 12.1 Å². The predicted octanol–water partition coefficient (Wildman–Crippen LogP) is 5.20. The van der Waals surface area contributed by atoms with E-state index in [0.717, 1.165) is 11.3 Å². The van der Waals surface area contributed by atoms with Crippen LogP contribution in [-0.2, 0) is 4.79 Å². The van der Waals surface area contributed by atoms with Crippen LogP contribution in [0.5, 0.6) is 0 Å². The van der Waals surface area contributed by atoms with Crippen molar-refractivity contribution in [3.63, 3.8) is 0 Å². The number of halogens is 2. The zero-order chi connectivity index (χ0) is 24.2. The highest BCUT2D eigenvalue weighted by atomic mass is 79.9. The number of hydrogen-bond acceptors (Lipinski definition) is 8. The van der Waals surface area contributed by atoms with Crippen molar-refractivity contribution in [1.82, 2.24) is 24.7 Å². The number of non-ortho nitro benzene ring substituents is 1. The smallest absolute Gasteiger partial charge is 0.271 e. The average Bonchev–Trinajstić information content (AvgIpc) is 3.25. The van der Waals surface area contributed by atoms with E-state index in [9.17, 15) is 14.9 Å². The third-order valence-electron chi connectivity index (χ3n) is 4.55. The number of nitro groups is 1. The third-order valence-corrected chi connectivity index (χ3v) is 6.73. The summed E-state index contributed by atoms with van der Waals surface area (Å²) in [5, 5.41) is 22.8. The quantitative estimate of drug-likeness (QED) is 0.173. The van der Waals surface area contributed by atoms with Crippen LogP contribution in [0.3, 0.4) is 0 Å². The summed E-state index contributed by atoms with van der Waals surface area (Å²) in [7, 11) is 0. The zero-order valence-electron chi connectivity index (χ0n) is 17.5. The molecule has 0 atom stereocenters. The summed E-state index contributed by atoms with van der Waals surface area (Å²) >= 11 is 7.74. The number of anilines is 1. The largest absolute Gasteiger partial charge is 0.323 e. The molecular formula is C21H15Br2N7O3S. The van der Waals surface area contributed by atoms with Crippen LogP contribution in [0.2, 0.25) is 0 Å². The molecule has 0 aliphatic rings. The van der Waals surface area contributed by atoms with Crippen LogP contribution in [0.25, 0.3) is 17.2 Å². The van der Waals surface area contributed by atoms with E-state index < -0.39 is 4.92 Å². The molecule has 0 spiro atoms. The van der Waals surface area contributed by atoms with Gasteiger partial charge in [-0.15, -0.1) is 10.2 Å². The highest BCUT2D eigenvalue weighted by Gasteiger charge is 2.20. The monoisotopic (exact) mass is 603 g/mol. The first-order chi connectivity index (χ1) is 16.3. The maximum absolute atomic E-state index is 12.7. The van der Waals surface area contributed by atoms with E-state index in [2.05, 4.69) is 57.3 Å². The van der Waals surface area contributed by atoms with E-state index in [1.807, 2.05) is 35.8 Å². The fraction of sp³-hybridized carbons (Fsp3) is 0.0952. The standard InChI is InChI=1S/C21H15Br2N7O3S/c1-12-2-4-13(5-3-12)29-20(17-10-24-6-7-25-17)27-28-21(29)34-11-18(31)26-19-15(22)8-14(30(32)33)9-16(19)23/h2-10H,11H2,1H3,(H,26,31). The summed E-state index contributed by atoms with van der Waals surface area (Å²) in [5.41, 5.74) is 2.77. The molecule has 0 unspecified atom stereocenters. The summed E-state index contributed by atoms with van der Waals surface area (Å²) < 4.78 is 2.60. The fourth-order valence-corrected chi connectivity index (χ4v) is 5.07. The molecule has 2 aromatic carbocycles. The van der Waals surface area contributed by atoms with Crippen molar-refractivity contribution in [1.29, 1.82) is 0 Å². The second kappa shape index (κ2) is 10.4. The Hall–Kier alpha value is -3.16. The van der Waals surface area contributed by atoms with E-state index >= 15 is 0 Å². The Labute approximate surface area is 214 Å². The molecule has 0 aliphatic carbocycles. The van der Waals surface area contributed by atoms with E-state index in [1.54, 1.807) is 18.6 Å². The number of aryl methyl sites for hydroxylation is 1. The molecule has 4 rings (SSSR count). The molecule has 1 N–H and O–H groups in total. The van der Waals surface area contributed by atoms with Gasteiger partial charge in [0.15, 0.2) is 11.0 Å². The van der Waals surface area contributed by atoms with Crippen molar-refractivity contribution >= 4 is 60.9 Å². The number of thioether (sulfide) groups is 1. The lowest BCUT2D eigenvalue weighted by Gasteiger charge is -2.11. The molecule has 0 aliphatic heterocycles. The van der Waals surface area contributed by atoms with Crippen molar-refractivity contribution in [3.8, 4) is 17.2 Å². The Morgan fingerprint density at radius 1 is 1.15 bits per heavy atom. The first kappa shape index (κ1) is 24.0. The lowest BCUT2D eigenvalue weighted by atomic mass is 10.2. The normalized spacial score (nSPS) is 10.8. The Balaban J connectivity index is 1.58. The summed E-state index contributed by atoms with van der Waals surface area (Å²) in [5.74, 6) is 0.209. The second-order valence-electron chi connectivity index (χ2n) is 6.95. The molecule has 0 radical (unpaired) electrons. The number of nitrogens with zero attached hydrogens (tertiary/aromatic N) is 6. The molecule has 0 bridgehead atoms. The third kappa shape index (κ3) is 5.32. The molecule has 1 amide bonds. The van der Waals surface area contributed by atoms with Crippen LogP contribution in [0.4, 0.5) is 11.4 Å². The molecule has 13 heteroatoms. The number of carbonyl (C=O) groups is 1. The number of nitrogens with one attached hydrogen (secondary N) is 1. The Morgan fingerprint density at radius 3 is 2.47 bits per heavy atom. The number of aromatic nitrogens is 5. The maximum Gasteiger partial charge on any atom is 0.271 e. The molecule has 172 valence electrons. The van der Waals surface area contributed by atoms with Gasteiger partial charge in [0.25, 0.3) is 5.69 Å². The van der Waals surface area contributed by atoms with E-state index in [4.69, 9.17) is 0 Å². The molecule has 10 nitrogen and oxygen atoms in total. The minimum absolute atomic E-state index is 0.0281. The topological polar surface area (TPSA) is 129 Å². The molecule has 2 aromatic heterocycles. The lowest BCUT2D eigenvalue weighted by molar-refractivity contribution is -0.385. The molecule has 4 aromatic rings. The fourth-order valence-electron chi connectivity index (χ4n) is 2.96. The van der Waals surface area contributed by atoms with Crippen LogP contribution in [0.1, 0.15) is 5.56 Å². The van der Waals surface area contributed by atoms with Crippen molar-refractivity contribution < 1.29 is 9.72 Å². The summed E-state index contributed by atoms with van der Waals surface area (Å²) in [6.45, 7) is 1.99. The van der Waals surface area contributed by atoms with E-state index in [1.165, 1.54) is 23.9 Å². The molecular weight excluding hydrogens is 590 g/mol. The van der Waals surface area contributed by atoms with Gasteiger partial charge in [0, 0.05) is 39.2 Å². The van der Waals surface area contributed by atoms with Gasteiger partial charge in [-0.3, -0.25) is 24.5 Å². The number of nitro benzene ring substituents is 1. The van der Waals surface area contributed by atoms with Crippen molar-refractivity contribution in [2.75, 3.05) is 11.1 Å². The molecule has 0 saturated heterocycles. The van der Waals surface area contributed by atoms with Gasteiger partial charge in [-0.05, 0) is 50.9 Å². The van der Waals surface area contributed by atoms with Crippen molar-refractivity contribution in [2.24, 2.45) is 0 Å². The van der Waals surface area contributed by atoms with Gasteiger partial charge in [-0.1, -0.05) is 29.5 Å². The van der Waals surface area contributed by atoms with Gasteiger partial charge in [-0.25, -0.2) is 4.98 Å². The zero-order valence-corrected chi connectivity index (χ0v) is 21.5. The Kier molecular flexibility index (Phi) is 7.34. The van der Waals surface area contributed by atoms with Gasteiger partial charge < -0.3 is 5.32 Å². The minimum atomic E-state index is -0.510. The van der Waals surface area contributed by atoms with Gasteiger partial charge >= 0.3 is 0 Å². The molecule has 34 heavy (non-hydrogen) atoms. The molecule has 2 heterocycles. The average molecular weight is 605 g/mol. The van der Waals surface area contributed by atoms with Crippen LogP contribution in [0, 0.1) is 17.0 Å². The van der Waals surface area contributed by atoms with Crippen molar-refractivity contribution in [3.05, 3.63) is 79.6 Å². The van der Waals surface area contributed by atoms with Gasteiger partial charge in [0.05, 0.1) is 22.6 Å². The minimum Gasteiger partial charge on any atom is -0.323 e. The predicted molar refractivity (Wildman–Crippen MR) is 135 cm³/mol. The Morgan fingerprint density at radius 2 is 1.85 bits per heavy atom. The molecule has 0 saturated carbocycles. The first-order valence-corrected chi connectivity index (χ1v) is 12.3. The second-order valence-corrected chi connectivity index (χ2v) is 9.60. The number of amides is 1. The van der Waals surface area contributed by atoms with E-state index in [0.29, 0.717) is 31.3 Å². The SMILES string of the molecule is Cc1ccc(-n2c(SCC(=O)Nc3c(Br)cc([N+](=O)[O-])cc3Br)nnc2-c2cnccn2)cc1. The van der Waals surface area contributed by atoms with Crippen LogP contribution in [-0.4, -0.2) is 41.3 Å². The highest BCUT2D eigenvalue weighted by Crippen LogP contribution is 2.35. The van der Waals surface area contributed by atoms with Gasteiger partial charge in [-0.2, -0.15) is 0 Å².